The molecule has 0 saturated carbocycles. The molecule has 0 aliphatic carbocycles. The van der Waals surface area contributed by atoms with Gasteiger partial charge in [0.25, 0.3) is 0 Å². The normalized spacial score (nSPS) is 11.5. The minimum Gasteiger partial charge on any atom is -0.497 e. The molecule has 40 heavy (non-hydrogen) atoms. The molecule has 1 atom stereocenters. The van der Waals surface area contributed by atoms with Gasteiger partial charge in [0, 0.05) is 6.54 Å². The number of ether oxygens (including phenoxy) is 4. The zero-order valence-electron chi connectivity index (χ0n) is 23.2. The lowest BCUT2D eigenvalue weighted by Crippen LogP contribution is -2.37. The van der Waals surface area contributed by atoms with Gasteiger partial charge in [0.05, 0.1) is 14.2 Å². The van der Waals surface area contributed by atoms with Crippen LogP contribution >= 0.6 is 0 Å². The van der Waals surface area contributed by atoms with Crippen molar-refractivity contribution in [2.75, 3.05) is 20.8 Å². The number of benzene rings is 4. The SMILES string of the molecule is CCCCC(Oc1ccc2cc(CN(CC(=O)OC)C(=O)Oc3ccc(OC)cc3)ccc2c1)c1ccccc1. The van der Waals surface area contributed by atoms with Gasteiger partial charge in [0.1, 0.15) is 29.9 Å². The molecule has 1 amide bonds. The van der Waals surface area contributed by atoms with Gasteiger partial charge in [-0.2, -0.15) is 0 Å². The molecular weight excluding hydrogens is 506 g/mol. The highest BCUT2D eigenvalue weighted by molar-refractivity contribution is 5.85. The molecular formula is C33H35NO6. The summed E-state index contributed by atoms with van der Waals surface area (Å²) < 4.78 is 21.9. The van der Waals surface area contributed by atoms with Crippen LogP contribution in [0.25, 0.3) is 10.8 Å². The van der Waals surface area contributed by atoms with Gasteiger partial charge in [-0.25, -0.2) is 4.79 Å². The number of carbonyl (C=O) groups is 2. The van der Waals surface area contributed by atoms with Crippen molar-refractivity contribution >= 4 is 22.8 Å². The van der Waals surface area contributed by atoms with E-state index in [1.54, 1.807) is 31.4 Å². The predicted octanol–water partition coefficient (Wildman–Crippen LogP) is 7.33. The number of fused-ring (bicyclic) bond motifs is 1. The van der Waals surface area contributed by atoms with Gasteiger partial charge < -0.3 is 18.9 Å². The first-order valence-corrected chi connectivity index (χ1v) is 13.4. The molecule has 0 heterocycles. The quantitative estimate of drug-likeness (QED) is 0.175. The molecule has 4 aromatic rings. The summed E-state index contributed by atoms with van der Waals surface area (Å²) in [6.07, 6.45) is 2.47. The average Bonchev–Trinajstić information content (AvgIpc) is 2.99. The molecule has 0 aliphatic rings. The van der Waals surface area contributed by atoms with Crippen molar-refractivity contribution in [2.24, 2.45) is 0 Å². The van der Waals surface area contributed by atoms with Crippen molar-refractivity contribution in [3.05, 3.63) is 102 Å². The number of methoxy groups -OCH3 is 2. The first kappa shape index (κ1) is 28.5. The third-order valence-electron chi connectivity index (χ3n) is 6.59. The zero-order chi connectivity index (χ0) is 28.3. The van der Waals surface area contributed by atoms with Crippen LogP contribution in [0.3, 0.4) is 0 Å². The molecule has 7 heteroatoms. The molecule has 0 N–H and O–H groups in total. The molecule has 1 unspecified atom stereocenters. The Bertz CT molecular complexity index is 1400. The molecule has 0 aromatic heterocycles. The number of nitrogens with zero attached hydrogens (tertiary/aromatic N) is 1. The second-order valence-corrected chi connectivity index (χ2v) is 9.48. The molecule has 4 rings (SSSR count). The van der Waals surface area contributed by atoms with E-state index in [0.717, 1.165) is 41.3 Å². The summed E-state index contributed by atoms with van der Waals surface area (Å²) in [4.78, 5) is 26.3. The highest BCUT2D eigenvalue weighted by atomic mass is 16.6. The summed E-state index contributed by atoms with van der Waals surface area (Å²) in [5, 5.41) is 2.01. The monoisotopic (exact) mass is 541 g/mol. The second-order valence-electron chi connectivity index (χ2n) is 9.48. The van der Waals surface area contributed by atoms with Gasteiger partial charge >= 0.3 is 12.1 Å². The molecule has 0 saturated heterocycles. The van der Waals surface area contributed by atoms with Crippen molar-refractivity contribution in [3.63, 3.8) is 0 Å². The van der Waals surface area contributed by atoms with E-state index in [2.05, 4.69) is 19.1 Å². The van der Waals surface area contributed by atoms with Crippen LogP contribution in [0.2, 0.25) is 0 Å². The maximum absolute atomic E-state index is 13.0. The molecule has 0 bridgehead atoms. The van der Waals surface area contributed by atoms with Crippen LogP contribution in [0.4, 0.5) is 4.79 Å². The fourth-order valence-corrected chi connectivity index (χ4v) is 4.39. The van der Waals surface area contributed by atoms with Crippen LogP contribution in [0.5, 0.6) is 17.2 Å². The number of rotatable bonds is 12. The first-order valence-electron chi connectivity index (χ1n) is 13.4. The minimum atomic E-state index is -0.654. The smallest absolute Gasteiger partial charge is 0.416 e. The van der Waals surface area contributed by atoms with Crippen LogP contribution in [0.1, 0.15) is 43.4 Å². The molecule has 7 nitrogen and oxygen atoms in total. The van der Waals surface area contributed by atoms with E-state index in [1.165, 1.54) is 17.6 Å². The number of esters is 1. The van der Waals surface area contributed by atoms with Crippen molar-refractivity contribution in [1.82, 2.24) is 4.90 Å². The zero-order valence-corrected chi connectivity index (χ0v) is 23.2. The second kappa shape index (κ2) is 14.0. The lowest BCUT2D eigenvalue weighted by Gasteiger charge is -2.21. The molecule has 0 aliphatic heterocycles. The summed E-state index contributed by atoms with van der Waals surface area (Å²) >= 11 is 0. The third kappa shape index (κ3) is 7.76. The van der Waals surface area contributed by atoms with Gasteiger partial charge in [-0.3, -0.25) is 9.69 Å². The van der Waals surface area contributed by atoms with E-state index >= 15 is 0 Å². The summed E-state index contributed by atoms with van der Waals surface area (Å²) in [7, 11) is 2.85. The van der Waals surface area contributed by atoms with E-state index in [4.69, 9.17) is 18.9 Å². The lowest BCUT2D eigenvalue weighted by atomic mass is 10.0. The Morgan fingerprint density at radius 1 is 0.800 bits per heavy atom. The molecule has 0 radical (unpaired) electrons. The van der Waals surface area contributed by atoms with Crippen molar-refractivity contribution < 1.29 is 28.5 Å². The fraction of sp³-hybridized carbons (Fsp3) is 0.273. The van der Waals surface area contributed by atoms with E-state index in [9.17, 15) is 9.59 Å². The average molecular weight is 542 g/mol. The van der Waals surface area contributed by atoms with Gasteiger partial charge in [0.2, 0.25) is 0 Å². The summed E-state index contributed by atoms with van der Waals surface area (Å²) in [6, 6.07) is 28.9. The Morgan fingerprint density at radius 2 is 1.48 bits per heavy atom. The highest BCUT2D eigenvalue weighted by Crippen LogP contribution is 2.29. The topological polar surface area (TPSA) is 74.3 Å². The lowest BCUT2D eigenvalue weighted by molar-refractivity contribution is -0.141. The van der Waals surface area contributed by atoms with Crippen LogP contribution in [-0.4, -0.2) is 37.7 Å². The molecule has 0 spiro atoms. The van der Waals surface area contributed by atoms with Crippen molar-refractivity contribution in [3.8, 4) is 17.2 Å². The van der Waals surface area contributed by atoms with Crippen molar-refractivity contribution in [2.45, 2.75) is 38.8 Å². The maximum Gasteiger partial charge on any atom is 0.416 e. The first-order chi connectivity index (χ1) is 19.5. The van der Waals surface area contributed by atoms with Crippen LogP contribution in [-0.2, 0) is 16.1 Å². The summed E-state index contributed by atoms with van der Waals surface area (Å²) in [6.45, 7) is 2.11. The van der Waals surface area contributed by atoms with Crippen LogP contribution in [0, 0.1) is 0 Å². The van der Waals surface area contributed by atoms with E-state index in [-0.39, 0.29) is 19.2 Å². The van der Waals surface area contributed by atoms with Gasteiger partial charge in [0.15, 0.2) is 0 Å². The molecule has 0 fully saturated rings. The number of amides is 1. The Labute approximate surface area is 235 Å². The van der Waals surface area contributed by atoms with E-state index in [1.807, 2.05) is 54.6 Å². The number of unbranched alkanes of at least 4 members (excludes halogenated alkanes) is 1. The number of carbonyl (C=O) groups excluding carboxylic acids is 2. The Kier molecular flexibility index (Phi) is 9.99. The standard InChI is InChI=1S/C33H35NO6/c1-4-5-11-31(25-9-7-6-8-10-25)39-30-15-14-26-20-24(12-13-27(26)21-30)22-34(23-32(35)38-3)33(36)40-29-18-16-28(37-2)17-19-29/h6-10,12-21,31H,4-5,11,22-23H2,1-3H3. The van der Waals surface area contributed by atoms with Crippen LogP contribution in [0.15, 0.2) is 91.0 Å². The largest absolute Gasteiger partial charge is 0.497 e. The van der Waals surface area contributed by atoms with Gasteiger partial charge in [-0.15, -0.1) is 0 Å². The minimum absolute atomic E-state index is 0.0125. The molecule has 208 valence electrons. The maximum atomic E-state index is 13.0. The Morgan fingerprint density at radius 3 is 2.17 bits per heavy atom. The van der Waals surface area contributed by atoms with E-state index in [0.29, 0.717) is 11.5 Å². The summed E-state index contributed by atoms with van der Waals surface area (Å²) in [5.74, 6) is 1.26. The highest BCUT2D eigenvalue weighted by Gasteiger charge is 2.21. The Hall–Kier alpha value is -4.52. The van der Waals surface area contributed by atoms with E-state index < -0.39 is 12.1 Å². The van der Waals surface area contributed by atoms with Gasteiger partial charge in [-0.05, 0) is 77.2 Å². The molecule has 4 aromatic carbocycles. The van der Waals surface area contributed by atoms with Crippen molar-refractivity contribution in [1.29, 1.82) is 0 Å². The Balaban J connectivity index is 1.49. The fourth-order valence-electron chi connectivity index (χ4n) is 4.39. The number of hydrogen-bond acceptors (Lipinski definition) is 6. The number of hydrogen-bond donors (Lipinski definition) is 0. The third-order valence-corrected chi connectivity index (χ3v) is 6.59. The summed E-state index contributed by atoms with van der Waals surface area (Å²) in [5.41, 5.74) is 2.01. The van der Waals surface area contributed by atoms with Gasteiger partial charge in [-0.1, -0.05) is 61.9 Å². The van der Waals surface area contributed by atoms with Crippen LogP contribution < -0.4 is 14.2 Å². The predicted molar refractivity (Wildman–Crippen MR) is 155 cm³/mol.